The second-order valence-corrected chi connectivity index (χ2v) is 9.45. The van der Waals surface area contributed by atoms with E-state index >= 15 is 0 Å². The van der Waals surface area contributed by atoms with Gasteiger partial charge in [0.1, 0.15) is 6.61 Å². The average Bonchev–Trinajstić information content (AvgIpc) is 3.29. The summed E-state index contributed by atoms with van der Waals surface area (Å²) in [6.07, 6.45) is 4.44. The SMILES string of the molecule is COc1ccc(-n2cc3c(c2O)c2cc(Cl)ccc2n3C)cc1OCCN1CCC(C)CC1. The molecule has 1 aliphatic heterocycles. The molecule has 0 spiro atoms. The first-order chi connectivity index (χ1) is 16.0. The lowest BCUT2D eigenvalue weighted by atomic mass is 9.99. The summed E-state index contributed by atoms with van der Waals surface area (Å²) in [7, 11) is 3.64. The molecule has 4 aromatic rings. The molecule has 7 heteroatoms. The van der Waals surface area contributed by atoms with E-state index in [0.717, 1.165) is 53.0 Å². The highest BCUT2D eigenvalue weighted by molar-refractivity contribution is 6.32. The molecular weight excluding hydrogens is 438 g/mol. The van der Waals surface area contributed by atoms with Gasteiger partial charge in [0, 0.05) is 41.8 Å². The monoisotopic (exact) mass is 467 g/mol. The maximum absolute atomic E-state index is 11.2. The highest BCUT2D eigenvalue weighted by Gasteiger charge is 2.20. The number of rotatable bonds is 6. The minimum Gasteiger partial charge on any atom is -0.494 e. The minimum atomic E-state index is 0.177. The van der Waals surface area contributed by atoms with Crippen molar-refractivity contribution in [3.63, 3.8) is 0 Å². The molecule has 0 amide bonds. The van der Waals surface area contributed by atoms with Crippen molar-refractivity contribution in [2.24, 2.45) is 13.0 Å². The summed E-state index contributed by atoms with van der Waals surface area (Å²) in [4.78, 5) is 2.46. The van der Waals surface area contributed by atoms with E-state index in [1.807, 2.05) is 49.6 Å². The number of ether oxygens (including phenoxy) is 2. The maximum Gasteiger partial charge on any atom is 0.206 e. The van der Waals surface area contributed by atoms with Crippen molar-refractivity contribution in [2.45, 2.75) is 19.8 Å². The number of aryl methyl sites for hydroxylation is 1. The molecule has 0 atom stereocenters. The van der Waals surface area contributed by atoms with Gasteiger partial charge in [-0.05, 0) is 62.2 Å². The number of aromatic hydroxyl groups is 1. The number of nitrogens with zero attached hydrogens (tertiary/aromatic N) is 3. The van der Waals surface area contributed by atoms with Gasteiger partial charge in [0.25, 0.3) is 0 Å². The zero-order valence-electron chi connectivity index (χ0n) is 19.3. The third kappa shape index (κ3) is 4.02. The van der Waals surface area contributed by atoms with Gasteiger partial charge in [-0.2, -0.15) is 0 Å². The van der Waals surface area contributed by atoms with Crippen molar-refractivity contribution in [1.82, 2.24) is 14.0 Å². The summed E-state index contributed by atoms with van der Waals surface area (Å²) in [5, 5.41) is 13.5. The Labute approximate surface area is 198 Å². The van der Waals surface area contributed by atoms with E-state index in [1.54, 1.807) is 11.7 Å². The minimum absolute atomic E-state index is 0.177. The number of hydrogen-bond donors (Lipinski definition) is 1. The predicted octanol–water partition coefficient (Wildman–Crippen LogP) is 5.60. The van der Waals surface area contributed by atoms with Crippen LogP contribution in [-0.4, -0.2) is 52.5 Å². The molecule has 6 nitrogen and oxygen atoms in total. The molecule has 5 rings (SSSR count). The molecule has 0 aliphatic carbocycles. The zero-order chi connectivity index (χ0) is 23.1. The van der Waals surface area contributed by atoms with Crippen LogP contribution in [0.15, 0.2) is 42.6 Å². The van der Waals surface area contributed by atoms with Gasteiger partial charge in [-0.3, -0.25) is 9.47 Å². The van der Waals surface area contributed by atoms with Crippen LogP contribution < -0.4 is 9.47 Å². The summed E-state index contributed by atoms with van der Waals surface area (Å²) in [5.41, 5.74) is 2.77. The van der Waals surface area contributed by atoms with E-state index in [2.05, 4.69) is 16.4 Å². The maximum atomic E-state index is 11.2. The Kier molecular flexibility index (Phi) is 5.89. The fourth-order valence-electron chi connectivity index (χ4n) is 4.82. The number of methoxy groups -OCH3 is 1. The van der Waals surface area contributed by atoms with Crippen LogP contribution in [0, 0.1) is 5.92 Å². The summed E-state index contributed by atoms with van der Waals surface area (Å²) < 4.78 is 15.5. The molecule has 3 heterocycles. The molecule has 1 aliphatic rings. The summed E-state index contributed by atoms with van der Waals surface area (Å²) in [5.74, 6) is 2.35. The third-order valence-electron chi connectivity index (χ3n) is 6.88. The lowest BCUT2D eigenvalue weighted by molar-refractivity contribution is 0.158. The lowest BCUT2D eigenvalue weighted by Gasteiger charge is -2.30. The smallest absolute Gasteiger partial charge is 0.206 e. The molecule has 33 heavy (non-hydrogen) atoms. The van der Waals surface area contributed by atoms with Crippen molar-refractivity contribution in [3.05, 3.63) is 47.6 Å². The number of halogens is 1. The standard InChI is InChI=1S/C26H30ClN3O3/c1-17-8-10-29(11-9-17)12-13-33-24-15-19(5-7-23(24)32-3)30-16-22-25(26(30)31)20-14-18(27)4-6-21(20)28(22)2/h4-7,14-17,31H,8-13H2,1-3H3. The Balaban J connectivity index is 1.44. The largest absolute Gasteiger partial charge is 0.494 e. The molecule has 174 valence electrons. The van der Waals surface area contributed by atoms with Gasteiger partial charge in [0.05, 0.1) is 23.7 Å². The summed E-state index contributed by atoms with van der Waals surface area (Å²) in [6, 6.07) is 11.5. The summed E-state index contributed by atoms with van der Waals surface area (Å²) in [6.45, 7) is 6.07. The molecule has 0 saturated carbocycles. The van der Waals surface area contributed by atoms with Crippen molar-refractivity contribution in [3.8, 4) is 23.1 Å². The van der Waals surface area contributed by atoms with Gasteiger partial charge >= 0.3 is 0 Å². The number of likely N-dealkylation sites (tertiary alicyclic amines) is 1. The Bertz CT molecular complexity index is 1300. The second-order valence-electron chi connectivity index (χ2n) is 9.01. The molecule has 0 radical (unpaired) electrons. The molecule has 1 saturated heterocycles. The van der Waals surface area contributed by atoms with E-state index in [4.69, 9.17) is 21.1 Å². The average molecular weight is 468 g/mol. The van der Waals surface area contributed by atoms with Crippen LogP contribution in [-0.2, 0) is 7.05 Å². The molecule has 2 aromatic carbocycles. The van der Waals surface area contributed by atoms with Gasteiger partial charge in [-0.1, -0.05) is 18.5 Å². The van der Waals surface area contributed by atoms with Crippen molar-refractivity contribution < 1.29 is 14.6 Å². The first-order valence-corrected chi connectivity index (χ1v) is 11.9. The molecule has 0 unspecified atom stereocenters. The van der Waals surface area contributed by atoms with Crippen LogP contribution in [0.5, 0.6) is 17.4 Å². The van der Waals surface area contributed by atoms with Gasteiger partial charge in [-0.15, -0.1) is 0 Å². The van der Waals surface area contributed by atoms with Crippen LogP contribution in [0.2, 0.25) is 5.02 Å². The van der Waals surface area contributed by atoms with E-state index in [9.17, 15) is 5.11 Å². The van der Waals surface area contributed by atoms with Crippen LogP contribution in [0.3, 0.4) is 0 Å². The van der Waals surface area contributed by atoms with Crippen molar-refractivity contribution >= 4 is 33.4 Å². The van der Waals surface area contributed by atoms with Crippen molar-refractivity contribution in [2.75, 3.05) is 33.4 Å². The Morgan fingerprint density at radius 3 is 2.61 bits per heavy atom. The Morgan fingerprint density at radius 1 is 1.06 bits per heavy atom. The van der Waals surface area contributed by atoms with Gasteiger partial charge in [0.15, 0.2) is 11.5 Å². The fourth-order valence-corrected chi connectivity index (χ4v) is 4.99. The first kappa shape index (κ1) is 22.0. The highest BCUT2D eigenvalue weighted by atomic mass is 35.5. The fraction of sp³-hybridized carbons (Fsp3) is 0.385. The topological polar surface area (TPSA) is 51.8 Å². The quantitative estimate of drug-likeness (QED) is 0.401. The van der Waals surface area contributed by atoms with Crippen LogP contribution in [0.4, 0.5) is 0 Å². The normalized spacial score (nSPS) is 15.5. The van der Waals surface area contributed by atoms with E-state index < -0.39 is 0 Å². The number of benzene rings is 2. The lowest BCUT2D eigenvalue weighted by Crippen LogP contribution is -2.35. The second kappa shape index (κ2) is 8.84. The third-order valence-corrected chi connectivity index (χ3v) is 7.11. The van der Waals surface area contributed by atoms with Crippen molar-refractivity contribution in [1.29, 1.82) is 0 Å². The predicted molar refractivity (Wildman–Crippen MR) is 133 cm³/mol. The Morgan fingerprint density at radius 2 is 1.85 bits per heavy atom. The molecule has 1 fully saturated rings. The van der Waals surface area contributed by atoms with E-state index in [1.165, 1.54) is 12.8 Å². The number of aromatic nitrogens is 2. The van der Waals surface area contributed by atoms with E-state index in [-0.39, 0.29) is 5.88 Å². The van der Waals surface area contributed by atoms with Crippen LogP contribution in [0.25, 0.3) is 27.5 Å². The molecule has 1 N–H and O–H groups in total. The zero-order valence-corrected chi connectivity index (χ0v) is 20.1. The van der Waals surface area contributed by atoms with Crippen LogP contribution in [0.1, 0.15) is 19.8 Å². The van der Waals surface area contributed by atoms with Crippen LogP contribution >= 0.6 is 11.6 Å². The van der Waals surface area contributed by atoms with Gasteiger partial charge in [-0.25, -0.2) is 0 Å². The number of hydrogen-bond acceptors (Lipinski definition) is 4. The highest BCUT2D eigenvalue weighted by Crippen LogP contribution is 2.40. The first-order valence-electron chi connectivity index (χ1n) is 11.5. The molecule has 0 bridgehead atoms. The molecular formula is C26H30ClN3O3. The van der Waals surface area contributed by atoms with E-state index in [0.29, 0.717) is 23.1 Å². The summed E-state index contributed by atoms with van der Waals surface area (Å²) >= 11 is 6.24. The number of piperidine rings is 1. The number of fused-ring (bicyclic) bond motifs is 3. The van der Waals surface area contributed by atoms with Gasteiger partial charge < -0.3 is 19.1 Å². The molecule has 2 aromatic heterocycles. The Hall–Kier alpha value is -2.83. The van der Waals surface area contributed by atoms with Gasteiger partial charge in [0.2, 0.25) is 5.88 Å².